The van der Waals surface area contributed by atoms with E-state index in [9.17, 15) is 10.2 Å². The molecule has 0 aliphatic heterocycles. The number of aromatic nitrogens is 2. The summed E-state index contributed by atoms with van der Waals surface area (Å²) >= 11 is 6.01. The van der Waals surface area contributed by atoms with Gasteiger partial charge in [-0.2, -0.15) is 0 Å². The van der Waals surface area contributed by atoms with E-state index in [0.717, 1.165) is 11.1 Å². The predicted molar refractivity (Wildman–Crippen MR) is 85.8 cm³/mol. The van der Waals surface area contributed by atoms with Crippen LogP contribution in [0.15, 0.2) is 54.7 Å². The lowest BCUT2D eigenvalue weighted by Gasteiger charge is -2.09. The van der Waals surface area contributed by atoms with Gasteiger partial charge < -0.3 is 10.2 Å². The molecule has 0 bridgehead atoms. The largest absolute Gasteiger partial charge is 0.508 e. The number of benzene rings is 2. The highest BCUT2D eigenvalue weighted by Gasteiger charge is 2.10. The molecule has 110 valence electrons. The molecule has 5 heteroatoms. The van der Waals surface area contributed by atoms with Crippen molar-refractivity contribution < 1.29 is 10.2 Å². The van der Waals surface area contributed by atoms with Gasteiger partial charge in [-0.1, -0.05) is 0 Å². The second-order valence-corrected chi connectivity index (χ2v) is 5.05. The number of alkyl halides is 1. The van der Waals surface area contributed by atoms with Gasteiger partial charge in [0, 0.05) is 11.1 Å². The number of nitrogens with zero attached hydrogens (tertiary/aromatic N) is 2. The van der Waals surface area contributed by atoms with Crippen LogP contribution >= 0.6 is 11.6 Å². The van der Waals surface area contributed by atoms with Gasteiger partial charge >= 0.3 is 0 Å². The van der Waals surface area contributed by atoms with Crippen molar-refractivity contribution in [2.24, 2.45) is 0 Å². The zero-order valence-electron chi connectivity index (χ0n) is 11.6. The molecular formula is C17H13ClN2O2. The van der Waals surface area contributed by atoms with Crippen LogP contribution in [0, 0.1) is 0 Å². The minimum absolute atomic E-state index is 0.199. The molecule has 0 unspecified atom stereocenters. The van der Waals surface area contributed by atoms with Crippen molar-refractivity contribution in [2.75, 3.05) is 0 Å². The molecule has 4 nitrogen and oxygen atoms in total. The molecule has 1 heterocycles. The maximum atomic E-state index is 9.36. The van der Waals surface area contributed by atoms with Gasteiger partial charge in [0.15, 0.2) is 0 Å². The van der Waals surface area contributed by atoms with Crippen molar-refractivity contribution in [3.05, 3.63) is 60.4 Å². The van der Waals surface area contributed by atoms with Crippen molar-refractivity contribution in [3.63, 3.8) is 0 Å². The highest BCUT2D eigenvalue weighted by molar-refractivity contribution is 6.17. The normalized spacial score (nSPS) is 10.6. The minimum atomic E-state index is 0.199. The summed E-state index contributed by atoms with van der Waals surface area (Å²) in [6.07, 6.45) is 1.67. The molecule has 3 aromatic rings. The Balaban J connectivity index is 2.04. The second kappa shape index (κ2) is 6.03. The first kappa shape index (κ1) is 14.4. The summed E-state index contributed by atoms with van der Waals surface area (Å²) in [5.74, 6) is 0.634. The van der Waals surface area contributed by atoms with Crippen molar-refractivity contribution in [1.29, 1.82) is 0 Å². The molecule has 0 aliphatic carbocycles. The van der Waals surface area contributed by atoms with Gasteiger partial charge in [-0.3, -0.25) is 4.98 Å². The quantitative estimate of drug-likeness (QED) is 0.718. The third kappa shape index (κ3) is 2.87. The maximum Gasteiger partial charge on any atom is 0.115 e. The van der Waals surface area contributed by atoms with Gasteiger partial charge in [0.1, 0.15) is 11.5 Å². The number of hydrogen-bond donors (Lipinski definition) is 2. The summed E-state index contributed by atoms with van der Waals surface area (Å²) in [5, 5.41) is 18.7. The molecule has 0 amide bonds. The van der Waals surface area contributed by atoms with Crippen LogP contribution in [0.1, 0.15) is 5.69 Å². The van der Waals surface area contributed by atoms with E-state index in [1.807, 2.05) is 0 Å². The van der Waals surface area contributed by atoms with Gasteiger partial charge in [0.05, 0.1) is 29.2 Å². The van der Waals surface area contributed by atoms with E-state index >= 15 is 0 Å². The van der Waals surface area contributed by atoms with E-state index in [1.165, 1.54) is 0 Å². The topological polar surface area (TPSA) is 66.2 Å². The number of aromatic hydroxyl groups is 2. The summed E-state index contributed by atoms with van der Waals surface area (Å²) in [4.78, 5) is 9.01. The van der Waals surface area contributed by atoms with Crippen LogP contribution in [0.4, 0.5) is 0 Å². The lowest BCUT2D eigenvalue weighted by atomic mass is 10.1. The fraction of sp³-hybridized carbons (Fsp3) is 0.0588. The van der Waals surface area contributed by atoms with E-state index in [0.29, 0.717) is 17.1 Å². The Morgan fingerprint density at radius 3 is 1.91 bits per heavy atom. The highest BCUT2D eigenvalue weighted by Crippen LogP contribution is 2.27. The average Bonchev–Trinajstić information content (AvgIpc) is 2.56. The minimum Gasteiger partial charge on any atom is -0.508 e. The van der Waals surface area contributed by atoms with Crippen LogP contribution in [0.25, 0.3) is 22.5 Å². The lowest BCUT2D eigenvalue weighted by molar-refractivity contribution is 0.475. The molecule has 1 aromatic heterocycles. The summed E-state index contributed by atoms with van der Waals surface area (Å²) in [6.45, 7) is 0. The zero-order valence-corrected chi connectivity index (χ0v) is 12.3. The Hall–Kier alpha value is -2.59. The van der Waals surface area contributed by atoms with E-state index in [2.05, 4.69) is 9.97 Å². The van der Waals surface area contributed by atoms with Crippen LogP contribution in [-0.2, 0) is 5.88 Å². The number of halogens is 1. The van der Waals surface area contributed by atoms with Crippen molar-refractivity contribution >= 4 is 11.6 Å². The van der Waals surface area contributed by atoms with Crippen LogP contribution in [-0.4, -0.2) is 20.2 Å². The monoisotopic (exact) mass is 312 g/mol. The van der Waals surface area contributed by atoms with Crippen molar-refractivity contribution in [3.8, 4) is 34.0 Å². The number of phenolic OH excluding ortho intramolecular Hbond substituents is 2. The third-order valence-electron chi connectivity index (χ3n) is 3.28. The van der Waals surface area contributed by atoms with Gasteiger partial charge in [0.2, 0.25) is 0 Å². The summed E-state index contributed by atoms with van der Waals surface area (Å²) < 4.78 is 0. The first-order valence-corrected chi connectivity index (χ1v) is 7.21. The van der Waals surface area contributed by atoms with Crippen LogP contribution in [0.2, 0.25) is 0 Å². The molecule has 0 atom stereocenters. The van der Waals surface area contributed by atoms with E-state index in [-0.39, 0.29) is 17.4 Å². The van der Waals surface area contributed by atoms with E-state index in [1.54, 1.807) is 54.7 Å². The Morgan fingerprint density at radius 1 is 0.818 bits per heavy atom. The molecular weight excluding hydrogens is 300 g/mol. The van der Waals surface area contributed by atoms with Crippen molar-refractivity contribution in [2.45, 2.75) is 5.88 Å². The van der Waals surface area contributed by atoms with Gasteiger partial charge in [-0.25, -0.2) is 4.98 Å². The molecule has 2 N–H and O–H groups in total. The summed E-state index contributed by atoms with van der Waals surface area (Å²) in [7, 11) is 0. The fourth-order valence-electron chi connectivity index (χ4n) is 2.15. The van der Waals surface area contributed by atoms with Gasteiger partial charge in [-0.15, -0.1) is 11.6 Å². The molecule has 0 saturated carbocycles. The maximum absolute atomic E-state index is 9.36. The molecule has 0 radical (unpaired) electrons. The Bertz CT molecular complexity index is 787. The van der Waals surface area contributed by atoms with Crippen LogP contribution < -0.4 is 0 Å². The average molecular weight is 313 g/mol. The summed E-state index contributed by atoms with van der Waals surface area (Å²) in [5.41, 5.74) is 3.75. The number of hydrogen-bond acceptors (Lipinski definition) is 4. The molecule has 0 saturated heterocycles. The molecule has 0 fully saturated rings. The number of phenols is 2. The fourth-order valence-corrected chi connectivity index (χ4v) is 2.34. The van der Waals surface area contributed by atoms with Gasteiger partial charge in [-0.05, 0) is 48.5 Å². The lowest BCUT2D eigenvalue weighted by Crippen LogP contribution is -1.97. The molecule has 22 heavy (non-hydrogen) atoms. The zero-order chi connectivity index (χ0) is 15.5. The smallest absolute Gasteiger partial charge is 0.115 e. The van der Waals surface area contributed by atoms with E-state index < -0.39 is 0 Å². The van der Waals surface area contributed by atoms with Crippen molar-refractivity contribution in [1.82, 2.24) is 9.97 Å². The molecule has 2 aromatic carbocycles. The standard InChI is InChI=1S/C17H13ClN2O2/c18-9-15-17(12-3-7-14(22)8-4-12)19-10-16(20-15)11-1-5-13(21)6-2-11/h1-8,10,21-22H,9H2. The highest BCUT2D eigenvalue weighted by atomic mass is 35.5. The predicted octanol–water partition coefficient (Wildman–Crippen LogP) is 3.96. The molecule has 0 aliphatic rings. The van der Waals surface area contributed by atoms with Crippen LogP contribution in [0.3, 0.4) is 0 Å². The molecule has 0 spiro atoms. The third-order valence-corrected chi connectivity index (χ3v) is 3.53. The molecule has 3 rings (SSSR count). The first-order chi connectivity index (χ1) is 10.7. The SMILES string of the molecule is Oc1ccc(-c2cnc(-c3ccc(O)cc3)c(CCl)n2)cc1. The summed E-state index contributed by atoms with van der Waals surface area (Å²) in [6, 6.07) is 13.5. The van der Waals surface area contributed by atoms with Gasteiger partial charge in [0.25, 0.3) is 0 Å². The van der Waals surface area contributed by atoms with Crippen LogP contribution in [0.5, 0.6) is 11.5 Å². The first-order valence-electron chi connectivity index (χ1n) is 6.68. The Kier molecular flexibility index (Phi) is 3.94. The number of rotatable bonds is 3. The Morgan fingerprint density at radius 2 is 1.36 bits per heavy atom. The Labute approximate surface area is 132 Å². The van der Waals surface area contributed by atoms with E-state index in [4.69, 9.17) is 11.6 Å². The second-order valence-electron chi connectivity index (χ2n) is 4.78.